The van der Waals surface area contributed by atoms with E-state index in [-0.39, 0.29) is 5.97 Å². The third-order valence-corrected chi connectivity index (χ3v) is 3.50. The first-order valence-corrected chi connectivity index (χ1v) is 7.63. The van der Waals surface area contributed by atoms with Gasteiger partial charge in [0.2, 0.25) is 0 Å². The molecule has 0 radical (unpaired) electrons. The predicted octanol–water partition coefficient (Wildman–Crippen LogP) is 4.82. The third-order valence-electron chi connectivity index (χ3n) is 3.50. The standard InChI is InChI=1S/C16H32O2/c1-6-7-8-9-16(17)18-12-15(14(4)5)11-10-13(2)3/h13-15H,6-12H2,1-5H3. The average molecular weight is 256 g/mol. The summed E-state index contributed by atoms with van der Waals surface area (Å²) >= 11 is 0. The van der Waals surface area contributed by atoms with E-state index in [0.717, 1.165) is 31.6 Å². The van der Waals surface area contributed by atoms with Gasteiger partial charge in [-0.05, 0) is 30.6 Å². The number of rotatable bonds is 10. The first-order valence-electron chi connectivity index (χ1n) is 7.63. The van der Waals surface area contributed by atoms with Crippen molar-refractivity contribution in [1.82, 2.24) is 0 Å². The molecule has 0 N–H and O–H groups in total. The molecule has 0 spiro atoms. The van der Waals surface area contributed by atoms with Gasteiger partial charge < -0.3 is 4.74 Å². The normalized spacial score (nSPS) is 13.1. The molecule has 0 aliphatic heterocycles. The molecule has 2 nitrogen and oxygen atoms in total. The molecule has 1 unspecified atom stereocenters. The van der Waals surface area contributed by atoms with Crippen LogP contribution in [0.25, 0.3) is 0 Å². The molecule has 0 aromatic rings. The molecule has 0 saturated carbocycles. The van der Waals surface area contributed by atoms with Gasteiger partial charge in [0.05, 0.1) is 6.61 Å². The molecule has 0 saturated heterocycles. The van der Waals surface area contributed by atoms with Crippen LogP contribution in [0.2, 0.25) is 0 Å². The van der Waals surface area contributed by atoms with Gasteiger partial charge in [-0.3, -0.25) is 4.79 Å². The summed E-state index contributed by atoms with van der Waals surface area (Å²) < 4.78 is 5.41. The second-order valence-electron chi connectivity index (χ2n) is 6.12. The van der Waals surface area contributed by atoms with Crippen molar-refractivity contribution in [1.29, 1.82) is 0 Å². The topological polar surface area (TPSA) is 26.3 Å². The second kappa shape index (κ2) is 10.4. The molecule has 2 heteroatoms. The van der Waals surface area contributed by atoms with Crippen molar-refractivity contribution in [2.45, 2.75) is 73.1 Å². The van der Waals surface area contributed by atoms with E-state index >= 15 is 0 Å². The molecule has 0 fully saturated rings. The first kappa shape index (κ1) is 17.5. The van der Waals surface area contributed by atoms with Crippen LogP contribution in [0.4, 0.5) is 0 Å². The zero-order valence-electron chi connectivity index (χ0n) is 13.0. The van der Waals surface area contributed by atoms with Gasteiger partial charge in [0, 0.05) is 6.42 Å². The van der Waals surface area contributed by atoms with E-state index in [2.05, 4.69) is 34.6 Å². The Balaban J connectivity index is 3.84. The summed E-state index contributed by atoms with van der Waals surface area (Å²) in [5.74, 6) is 1.82. The van der Waals surface area contributed by atoms with Crippen molar-refractivity contribution in [3.8, 4) is 0 Å². The minimum atomic E-state index is -0.0151. The minimum absolute atomic E-state index is 0.0151. The van der Waals surface area contributed by atoms with E-state index in [1.165, 1.54) is 6.42 Å². The summed E-state index contributed by atoms with van der Waals surface area (Å²) in [4.78, 5) is 11.6. The maximum Gasteiger partial charge on any atom is 0.305 e. The molecule has 0 aromatic heterocycles. The van der Waals surface area contributed by atoms with E-state index in [9.17, 15) is 4.79 Å². The van der Waals surface area contributed by atoms with Crippen LogP contribution in [0.3, 0.4) is 0 Å². The van der Waals surface area contributed by atoms with Crippen LogP contribution in [0.15, 0.2) is 0 Å². The van der Waals surface area contributed by atoms with E-state index in [0.29, 0.717) is 24.9 Å². The van der Waals surface area contributed by atoms with Gasteiger partial charge in [0.1, 0.15) is 0 Å². The maximum atomic E-state index is 11.6. The predicted molar refractivity (Wildman–Crippen MR) is 77.5 cm³/mol. The SMILES string of the molecule is CCCCCC(=O)OCC(CCC(C)C)C(C)C. The van der Waals surface area contributed by atoms with Crippen molar-refractivity contribution >= 4 is 5.97 Å². The number of esters is 1. The van der Waals surface area contributed by atoms with E-state index in [1.807, 2.05) is 0 Å². The molecule has 0 aromatic carbocycles. The Bertz CT molecular complexity index is 209. The molecule has 0 rings (SSSR count). The largest absolute Gasteiger partial charge is 0.465 e. The van der Waals surface area contributed by atoms with Crippen molar-refractivity contribution in [2.24, 2.45) is 17.8 Å². The Labute approximate surface area is 113 Å². The molecular weight excluding hydrogens is 224 g/mol. The molecule has 0 aliphatic carbocycles. The van der Waals surface area contributed by atoms with Crippen LogP contribution in [0.1, 0.15) is 73.1 Å². The molecule has 0 amide bonds. The first-order chi connectivity index (χ1) is 8.47. The quantitative estimate of drug-likeness (QED) is 0.414. The van der Waals surface area contributed by atoms with Gasteiger partial charge in [0.25, 0.3) is 0 Å². The lowest BCUT2D eigenvalue weighted by Gasteiger charge is -2.21. The van der Waals surface area contributed by atoms with Gasteiger partial charge in [-0.25, -0.2) is 0 Å². The molecule has 0 bridgehead atoms. The highest BCUT2D eigenvalue weighted by molar-refractivity contribution is 5.69. The fourth-order valence-corrected chi connectivity index (χ4v) is 1.95. The third kappa shape index (κ3) is 9.49. The Morgan fingerprint density at radius 3 is 2.22 bits per heavy atom. The van der Waals surface area contributed by atoms with E-state index in [1.54, 1.807) is 0 Å². The van der Waals surface area contributed by atoms with Gasteiger partial charge in [-0.1, -0.05) is 53.9 Å². The summed E-state index contributed by atoms with van der Waals surface area (Å²) in [6.07, 6.45) is 6.21. The summed E-state index contributed by atoms with van der Waals surface area (Å²) in [7, 11) is 0. The number of carbonyl (C=O) groups excluding carboxylic acids is 1. The zero-order chi connectivity index (χ0) is 14.0. The monoisotopic (exact) mass is 256 g/mol. The van der Waals surface area contributed by atoms with Crippen LogP contribution in [0.5, 0.6) is 0 Å². The lowest BCUT2D eigenvalue weighted by atomic mass is 9.89. The second-order valence-corrected chi connectivity index (χ2v) is 6.12. The van der Waals surface area contributed by atoms with Gasteiger partial charge in [-0.15, -0.1) is 0 Å². The minimum Gasteiger partial charge on any atom is -0.465 e. The van der Waals surface area contributed by atoms with Crippen molar-refractivity contribution in [3.63, 3.8) is 0 Å². The summed E-state index contributed by atoms with van der Waals surface area (Å²) in [5.41, 5.74) is 0. The smallest absolute Gasteiger partial charge is 0.305 e. The van der Waals surface area contributed by atoms with Crippen LogP contribution >= 0.6 is 0 Å². The Hall–Kier alpha value is -0.530. The van der Waals surface area contributed by atoms with Crippen LogP contribution in [0, 0.1) is 17.8 Å². The maximum absolute atomic E-state index is 11.6. The van der Waals surface area contributed by atoms with Crippen molar-refractivity contribution in [2.75, 3.05) is 6.61 Å². The van der Waals surface area contributed by atoms with Crippen LogP contribution in [-0.2, 0) is 9.53 Å². The van der Waals surface area contributed by atoms with Crippen LogP contribution < -0.4 is 0 Å². The molecule has 0 heterocycles. The summed E-state index contributed by atoms with van der Waals surface area (Å²) in [6, 6.07) is 0. The number of unbranched alkanes of at least 4 members (excludes halogenated alkanes) is 2. The van der Waals surface area contributed by atoms with E-state index < -0.39 is 0 Å². The van der Waals surface area contributed by atoms with E-state index in [4.69, 9.17) is 4.74 Å². The molecule has 1 atom stereocenters. The lowest BCUT2D eigenvalue weighted by Crippen LogP contribution is -2.19. The number of carbonyl (C=O) groups is 1. The molecular formula is C16H32O2. The van der Waals surface area contributed by atoms with Gasteiger partial charge in [-0.2, -0.15) is 0 Å². The number of hydrogen-bond acceptors (Lipinski definition) is 2. The molecule has 108 valence electrons. The zero-order valence-corrected chi connectivity index (χ0v) is 13.0. The number of ether oxygens (including phenoxy) is 1. The van der Waals surface area contributed by atoms with Crippen molar-refractivity contribution in [3.05, 3.63) is 0 Å². The fraction of sp³-hybridized carbons (Fsp3) is 0.938. The average Bonchev–Trinajstić information content (AvgIpc) is 2.28. The fourth-order valence-electron chi connectivity index (χ4n) is 1.95. The molecule has 18 heavy (non-hydrogen) atoms. The van der Waals surface area contributed by atoms with Crippen LogP contribution in [-0.4, -0.2) is 12.6 Å². The van der Waals surface area contributed by atoms with Crippen molar-refractivity contribution < 1.29 is 9.53 Å². The van der Waals surface area contributed by atoms with Gasteiger partial charge >= 0.3 is 5.97 Å². The Morgan fingerprint density at radius 2 is 1.72 bits per heavy atom. The molecule has 0 aliphatic rings. The summed E-state index contributed by atoms with van der Waals surface area (Å²) in [6.45, 7) is 11.7. The van der Waals surface area contributed by atoms with Gasteiger partial charge in [0.15, 0.2) is 0 Å². The number of hydrogen-bond donors (Lipinski definition) is 0. The highest BCUT2D eigenvalue weighted by atomic mass is 16.5. The Kier molecular flexibility index (Phi) is 10.1. The highest BCUT2D eigenvalue weighted by Crippen LogP contribution is 2.20. The highest BCUT2D eigenvalue weighted by Gasteiger charge is 2.16. The lowest BCUT2D eigenvalue weighted by molar-refractivity contribution is -0.145. The summed E-state index contributed by atoms with van der Waals surface area (Å²) in [5, 5.41) is 0. The Morgan fingerprint density at radius 1 is 1.06 bits per heavy atom.